The number of halogens is 2. The number of benzene rings is 3. The summed E-state index contributed by atoms with van der Waals surface area (Å²) in [6, 6.07) is 20.2. The van der Waals surface area contributed by atoms with Gasteiger partial charge in [0, 0.05) is 23.6 Å². The van der Waals surface area contributed by atoms with E-state index in [1.54, 1.807) is 60.6 Å². The van der Waals surface area contributed by atoms with Crippen molar-refractivity contribution < 1.29 is 18.7 Å². The second-order valence-corrected chi connectivity index (χ2v) is 10.1. The quantitative estimate of drug-likeness (QED) is 0.439. The van der Waals surface area contributed by atoms with Crippen molar-refractivity contribution in [1.29, 1.82) is 0 Å². The van der Waals surface area contributed by atoms with E-state index >= 15 is 0 Å². The molecule has 2 aliphatic heterocycles. The number of amidine groups is 1. The Kier molecular flexibility index (Phi) is 7.25. The van der Waals surface area contributed by atoms with Crippen molar-refractivity contribution in [2.45, 2.75) is 24.1 Å². The number of rotatable bonds is 6. The van der Waals surface area contributed by atoms with Crippen molar-refractivity contribution in [2.75, 3.05) is 12.4 Å². The highest BCUT2D eigenvalue weighted by atomic mass is 35.5. The number of ether oxygens (including phenoxy) is 1. The highest BCUT2D eigenvalue weighted by molar-refractivity contribution is 8.15. The lowest BCUT2D eigenvalue weighted by molar-refractivity contribution is -0.121. The van der Waals surface area contributed by atoms with Gasteiger partial charge in [-0.2, -0.15) is 10.1 Å². The average Bonchev–Trinajstić information content (AvgIpc) is 3.49. The van der Waals surface area contributed by atoms with Gasteiger partial charge in [-0.3, -0.25) is 9.59 Å². The monoisotopic (exact) mass is 536 g/mol. The van der Waals surface area contributed by atoms with Gasteiger partial charge in [0.25, 0.3) is 5.91 Å². The maximum absolute atomic E-state index is 13.6. The number of nitrogens with zero attached hydrogens (tertiary/aromatic N) is 3. The molecule has 0 aromatic heterocycles. The first-order valence-corrected chi connectivity index (χ1v) is 12.8. The Bertz CT molecular complexity index is 1380. The molecule has 0 saturated heterocycles. The van der Waals surface area contributed by atoms with Crippen molar-refractivity contribution >= 4 is 51.7 Å². The summed E-state index contributed by atoms with van der Waals surface area (Å²) >= 11 is 7.25. The van der Waals surface area contributed by atoms with Crippen LogP contribution in [0.15, 0.2) is 82.9 Å². The third-order valence-electron chi connectivity index (χ3n) is 6.01. The molecule has 0 aliphatic carbocycles. The van der Waals surface area contributed by atoms with Crippen LogP contribution < -0.4 is 10.1 Å². The predicted octanol–water partition coefficient (Wildman–Crippen LogP) is 5.67. The highest BCUT2D eigenvalue weighted by Gasteiger charge is 2.39. The Morgan fingerprint density at radius 2 is 1.81 bits per heavy atom. The van der Waals surface area contributed by atoms with Crippen LogP contribution in [0.25, 0.3) is 0 Å². The number of hydrazone groups is 1. The Morgan fingerprint density at radius 1 is 1.11 bits per heavy atom. The van der Waals surface area contributed by atoms with Gasteiger partial charge >= 0.3 is 0 Å². The lowest BCUT2D eigenvalue weighted by Crippen LogP contribution is -2.25. The maximum Gasteiger partial charge on any atom is 0.262 e. The van der Waals surface area contributed by atoms with Crippen LogP contribution in [-0.2, 0) is 9.59 Å². The van der Waals surface area contributed by atoms with Gasteiger partial charge in [0.05, 0.1) is 18.9 Å². The van der Waals surface area contributed by atoms with Gasteiger partial charge in [-0.1, -0.05) is 47.6 Å². The molecule has 2 aliphatic rings. The fraction of sp³-hybridized carbons (Fsp3) is 0.185. The van der Waals surface area contributed by atoms with E-state index in [9.17, 15) is 14.0 Å². The van der Waals surface area contributed by atoms with Gasteiger partial charge in [-0.05, 0) is 59.7 Å². The van der Waals surface area contributed by atoms with E-state index in [0.29, 0.717) is 28.0 Å². The molecule has 37 heavy (non-hydrogen) atoms. The van der Waals surface area contributed by atoms with Crippen LogP contribution in [-0.4, -0.2) is 40.1 Å². The number of aliphatic imine (C=N–C) groups is 1. The van der Waals surface area contributed by atoms with Crippen LogP contribution in [0, 0.1) is 5.82 Å². The van der Waals surface area contributed by atoms with Crippen LogP contribution in [0.2, 0.25) is 5.02 Å². The minimum absolute atomic E-state index is 0.0364. The number of methoxy groups -OCH3 is 1. The van der Waals surface area contributed by atoms with Crippen LogP contribution in [0.3, 0.4) is 0 Å². The van der Waals surface area contributed by atoms with Gasteiger partial charge < -0.3 is 10.1 Å². The molecule has 0 radical (unpaired) electrons. The molecular weight excluding hydrogens is 515 g/mol. The Hall–Kier alpha value is -3.69. The van der Waals surface area contributed by atoms with Gasteiger partial charge in [-0.25, -0.2) is 9.40 Å². The first kappa shape index (κ1) is 25.0. The minimum Gasteiger partial charge on any atom is -0.497 e. The number of carbonyl (C=O) groups excluding carboxylic acids is 2. The van der Waals surface area contributed by atoms with Crippen LogP contribution >= 0.6 is 23.4 Å². The van der Waals surface area contributed by atoms with E-state index < -0.39 is 11.2 Å². The van der Waals surface area contributed by atoms with Crippen molar-refractivity contribution in [3.63, 3.8) is 0 Å². The number of hydrogen-bond acceptors (Lipinski definition) is 6. The molecule has 7 nitrogen and oxygen atoms in total. The van der Waals surface area contributed by atoms with E-state index in [4.69, 9.17) is 21.4 Å². The summed E-state index contributed by atoms with van der Waals surface area (Å²) < 4.78 is 18.7. The topological polar surface area (TPSA) is 83.4 Å². The summed E-state index contributed by atoms with van der Waals surface area (Å²) in [6.45, 7) is 0. The van der Waals surface area contributed by atoms with Crippen molar-refractivity contribution in [3.05, 3.63) is 94.8 Å². The number of hydrogen-bond donors (Lipinski definition) is 1. The molecule has 3 aromatic carbocycles. The zero-order valence-electron chi connectivity index (χ0n) is 19.7. The second kappa shape index (κ2) is 10.7. The van der Waals surface area contributed by atoms with Crippen molar-refractivity contribution in [3.8, 4) is 5.75 Å². The fourth-order valence-electron chi connectivity index (χ4n) is 4.11. The van der Waals surface area contributed by atoms with Crippen molar-refractivity contribution in [2.24, 2.45) is 10.1 Å². The Labute approximate surface area is 222 Å². The van der Waals surface area contributed by atoms with Crippen molar-refractivity contribution in [1.82, 2.24) is 5.01 Å². The fourth-order valence-corrected chi connectivity index (χ4v) is 5.29. The molecule has 0 spiro atoms. The number of thioether (sulfide) groups is 1. The molecule has 5 rings (SSSR count). The molecule has 1 N–H and O–H groups in total. The third kappa shape index (κ3) is 5.68. The lowest BCUT2D eigenvalue weighted by atomic mass is 9.98. The SMILES string of the molecule is COc1ccc(NC(=O)CC2SC(N3N=C(c4ccc(Cl)cc4)CC3c3ccc(F)cc3)=NC2=O)cc1. The number of anilines is 1. The standard InChI is InChI=1S/C27H22ClFN4O3S/c1-36-21-12-10-20(11-13-21)30-25(34)15-24-26(35)31-27(37-24)33-23(17-4-8-19(29)9-5-17)14-22(32-33)16-2-6-18(28)7-3-16/h2-13,23-24H,14-15H2,1H3,(H,30,34). The molecule has 3 aromatic rings. The normalized spacial score (nSPS) is 19.0. The first-order chi connectivity index (χ1) is 17.9. The Balaban J connectivity index is 1.33. The van der Waals surface area contributed by atoms with E-state index in [-0.39, 0.29) is 24.2 Å². The molecule has 2 amide bonds. The van der Waals surface area contributed by atoms with Crippen LogP contribution in [0.1, 0.15) is 30.0 Å². The predicted molar refractivity (Wildman–Crippen MR) is 144 cm³/mol. The highest BCUT2D eigenvalue weighted by Crippen LogP contribution is 2.38. The first-order valence-electron chi connectivity index (χ1n) is 11.5. The molecule has 2 heterocycles. The van der Waals surface area contributed by atoms with E-state index in [2.05, 4.69) is 10.3 Å². The molecule has 188 valence electrons. The lowest BCUT2D eigenvalue weighted by Gasteiger charge is -2.23. The summed E-state index contributed by atoms with van der Waals surface area (Å²) in [7, 11) is 1.57. The summed E-state index contributed by atoms with van der Waals surface area (Å²) in [5.74, 6) is -0.345. The molecule has 0 bridgehead atoms. The minimum atomic E-state index is -0.670. The summed E-state index contributed by atoms with van der Waals surface area (Å²) in [5.41, 5.74) is 3.13. The third-order valence-corrected chi connectivity index (χ3v) is 7.41. The molecule has 2 unspecified atom stereocenters. The van der Waals surface area contributed by atoms with Gasteiger partial charge in [-0.15, -0.1) is 0 Å². The van der Waals surface area contributed by atoms with Crippen LogP contribution in [0.4, 0.5) is 10.1 Å². The smallest absolute Gasteiger partial charge is 0.262 e. The molecule has 2 atom stereocenters. The summed E-state index contributed by atoms with van der Waals surface area (Å²) in [6.07, 6.45) is 0.495. The molecule has 10 heteroatoms. The molecule has 0 fully saturated rings. The summed E-state index contributed by atoms with van der Waals surface area (Å²) in [5, 5.41) is 9.63. The molecular formula is C27H22ClFN4O3S. The van der Waals surface area contributed by atoms with E-state index in [1.165, 1.54) is 23.9 Å². The van der Waals surface area contributed by atoms with Crippen LogP contribution in [0.5, 0.6) is 5.75 Å². The largest absolute Gasteiger partial charge is 0.497 e. The van der Waals surface area contributed by atoms with E-state index in [1.807, 2.05) is 12.1 Å². The van der Waals surface area contributed by atoms with Gasteiger partial charge in [0.1, 0.15) is 16.8 Å². The zero-order chi connectivity index (χ0) is 25.9. The maximum atomic E-state index is 13.6. The van der Waals surface area contributed by atoms with Gasteiger partial charge in [0.2, 0.25) is 5.91 Å². The number of amides is 2. The molecule has 0 saturated carbocycles. The summed E-state index contributed by atoms with van der Waals surface area (Å²) in [4.78, 5) is 29.6. The number of nitrogens with one attached hydrogen (secondary N) is 1. The Morgan fingerprint density at radius 3 is 2.49 bits per heavy atom. The van der Waals surface area contributed by atoms with Gasteiger partial charge in [0.15, 0.2) is 5.17 Å². The van der Waals surface area contributed by atoms with E-state index in [0.717, 1.165) is 16.8 Å². The zero-order valence-corrected chi connectivity index (χ0v) is 21.3. The second-order valence-electron chi connectivity index (χ2n) is 8.49. The average molecular weight is 537 g/mol. The number of carbonyl (C=O) groups is 2.